The van der Waals surface area contributed by atoms with Crippen molar-refractivity contribution in [2.24, 2.45) is 0 Å². The lowest BCUT2D eigenvalue weighted by molar-refractivity contribution is 1.07. The van der Waals surface area contributed by atoms with Crippen molar-refractivity contribution in [1.29, 1.82) is 0 Å². The maximum atomic E-state index is 5.12. The van der Waals surface area contributed by atoms with Crippen molar-refractivity contribution >= 4 is 21.5 Å². The molecule has 0 N–H and O–H groups in total. The first-order valence-electron chi connectivity index (χ1n) is 16.8. The molecule has 232 valence electrons. The fourth-order valence-electron chi connectivity index (χ4n) is 7.41. The van der Waals surface area contributed by atoms with Gasteiger partial charge in [0.25, 0.3) is 0 Å². The molecule has 10 rings (SSSR count). The molecule has 7 aromatic carbocycles. The molecule has 2 aromatic heterocycles. The van der Waals surface area contributed by atoms with E-state index in [0.29, 0.717) is 17.5 Å². The third-order valence-electron chi connectivity index (χ3n) is 9.73. The van der Waals surface area contributed by atoms with Crippen LogP contribution in [0.25, 0.3) is 100 Å². The van der Waals surface area contributed by atoms with Crippen molar-refractivity contribution in [1.82, 2.24) is 19.9 Å². The molecule has 2 heterocycles. The van der Waals surface area contributed by atoms with Crippen molar-refractivity contribution in [2.75, 3.05) is 0 Å². The van der Waals surface area contributed by atoms with Gasteiger partial charge in [0.05, 0.1) is 0 Å². The lowest BCUT2D eigenvalue weighted by Gasteiger charge is -2.15. The van der Waals surface area contributed by atoms with Gasteiger partial charge in [0, 0.05) is 40.0 Å². The van der Waals surface area contributed by atoms with Gasteiger partial charge in [-0.15, -0.1) is 0 Å². The summed E-state index contributed by atoms with van der Waals surface area (Å²) in [5, 5.41) is 4.76. The van der Waals surface area contributed by atoms with E-state index in [2.05, 4.69) is 102 Å². The number of aromatic nitrogens is 4. The van der Waals surface area contributed by atoms with E-state index in [1.54, 1.807) is 0 Å². The highest BCUT2D eigenvalue weighted by Gasteiger charge is 2.23. The first kappa shape index (κ1) is 28.3. The number of pyridine rings is 1. The smallest absolute Gasteiger partial charge is 0.164 e. The van der Waals surface area contributed by atoms with E-state index in [9.17, 15) is 0 Å². The molecule has 0 spiro atoms. The second-order valence-electron chi connectivity index (χ2n) is 12.7. The average molecular weight is 637 g/mol. The summed E-state index contributed by atoms with van der Waals surface area (Å²) in [5.41, 5.74) is 12.3. The van der Waals surface area contributed by atoms with E-state index >= 15 is 0 Å². The molecule has 0 saturated carbocycles. The van der Waals surface area contributed by atoms with Gasteiger partial charge < -0.3 is 0 Å². The minimum Gasteiger partial charge on any atom is -0.263 e. The lowest BCUT2D eigenvalue weighted by Crippen LogP contribution is -2.00. The Morgan fingerprint density at radius 2 is 0.800 bits per heavy atom. The predicted molar refractivity (Wildman–Crippen MR) is 204 cm³/mol. The van der Waals surface area contributed by atoms with Crippen molar-refractivity contribution in [3.8, 4) is 78.7 Å². The van der Waals surface area contributed by atoms with Gasteiger partial charge in [-0.05, 0) is 73.3 Å². The molecule has 0 aliphatic heterocycles. The highest BCUT2D eigenvalue weighted by molar-refractivity contribution is 6.18. The minimum absolute atomic E-state index is 0.618. The molecule has 50 heavy (non-hydrogen) atoms. The van der Waals surface area contributed by atoms with Gasteiger partial charge in [-0.2, -0.15) is 0 Å². The molecule has 0 radical (unpaired) electrons. The fourth-order valence-corrected chi connectivity index (χ4v) is 7.41. The van der Waals surface area contributed by atoms with Crippen LogP contribution in [-0.2, 0) is 0 Å². The molecule has 0 amide bonds. The van der Waals surface area contributed by atoms with Gasteiger partial charge in [0.2, 0.25) is 0 Å². The Morgan fingerprint density at radius 1 is 0.300 bits per heavy atom. The summed E-state index contributed by atoms with van der Waals surface area (Å²) in [6, 6.07) is 55.3. The predicted octanol–water partition coefficient (Wildman–Crippen LogP) is 11.6. The molecule has 0 saturated heterocycles. The number of rotatable bonds is 5. The van der Waals surface area contributed by atoms with Crippen molar-refractivity contribution in [3.05, 3.63) is 170 Å². The molecular formula is C46H28N4. The van der Waals surface area contributed by atoms with E-state index in [1.807, 2.05) is 73.1 Å². The van der Waals surface area contributed by atoms with Crippen LogP contribution in [0.15, 0.2) is 170 Å². The number of fused-ring (bicyclic) bond motifs is 4. The van der Waals surface area contributed by atoms with Gasteiger partial charge >= 0.3 is 0 Å². The van der Waals surface area contributed by atoms with E-state index in [4.69, 9.17) is 15.0 Å². The maximum absolute atomic E-state index is 5.12. The number of nitrogens with zero attached hydrogens (tertiary/aromatic N) is 4. The summed E-state index contributed by atoms with van der Waals surface area (Å²) in [5.74, 6) is 1.89. The van der Waals surface area contributed by atoms with Gasteiger partial charge in [-0.3, -0.25) is 4.98 Å². The van der Waals surface area contributed by atoms with Gasteiger partial charge in [0.1, 0.15) is 0 Å². The van der Waals surface area contributed by atoms with Crippen molar-refractivity contribution in [3.63, 3.8) is 0 Å². The number of hydrogen-bond donors (Lipinski definition) is 0. The molecule has 0 unspecified atom stereocenters. The zero-order valence-electron chi connectivity index (χ0n) is 27.0. The van der Waals surface area contributed by atoms with Crippen LogP contribution >= 0.6 is 0 Å². The third kappa shape index (κ3) is 4.61. The Kier molecular flexibility index (Phi) is 6.46. The SMILES string of the molecule is c1ccc(-c2nc(-c3ccccc3)nc(-c3cc(-c4cncc5ccccc45)cc(-c4ccc5c6c(cccc46)-c4ccccc4-5)c3)n2)cc1. The van der Waals surface area contributed by atoms with Crippen LogP contribution in [0.2, 0.25) is 0 Å². The van der Waals surface area contributed by atoms with Crippen molar-refractivity contribution < 1.29 is 0 Å². The molecule has 1 aliphatic carbocycles. The van der Waals surface area contributed by atoms with Crippen LogP contribution in [0.3, 0.4) is 0 Å². The van der Waals surface area contributed by atoms with Crippen LogP contribution in [0.5, 0.6) is 0 Å². The second kappa shape index (κ2) is 11.4. The largest absolute Gasteiger partial charge is 0.263 e. The van der Waals surface area contributed by atoms with Gasteiger partial charge in [0.15, 0.2) is 17.5 Å². The minimum atomic E-state index is 0.618. The Hall–Kier alpha value is -6.78. The third-order valence-corrected chi connectivity index (χ3v) is 9.73. The van der Waals surface area contributed by atoms with Crippen LogP contribution in [0.4, 0.5) is 0 Å². The van der Waals surface area contributed by atoms with E-state index in [0.717, 1.165) is 49.7 Å². The summed E-state index contributed by atoms with van der Waals surface area (Å²) in [6.45, 7) is 0. The first-order chi connectivity index (χ1) is 24.8. The van der Waals surface area contributed by atoms with Crippen molar-refractivity contribution in [2.45, 2.75) is 0 Å². The Morgan fingerprint density at radius 3 is 1.50 bits per heavy atom. The molecule has 1 aliphatic rings. The summed E-state index contributed by atoms with van der Waals surface area (Å²) in [7, 11) is 0. The van der Waals surface area contributed by atoms with E-state index < -0.39 is 0 Å². The lowest BCUT2D eigenvalue weighted by atomic mass is 9.90. The fraction of sp³-hybridized carbons (Fsp3) is 0. The average Bonchev–Trinajstić information content (AvgIpc) is 3.53. The van der Waals surface area contributed by atoms with E-state index in [1.165, 1.54) is 33.0 Å². The molecular weight excluding hydrogens is 609 g/mol. The highest BCUT2D eigenvalue weighted by atomic mass is 15.0. The normalized spacial score (nSPS) is 11.6. The summed E-state index contributed by atoms with van der Waals surface area (Å²) >= 11 is 0. The van der Waals surface area contributed by atoms with Gasteiger partial charge in [-0.1, -0.05) is 140 Å². The Bertz CT molecular complexity index is 2660. The maximum Gasteiger partial charge on any atom is 0.164 e. The Labute approximate surface area is 289 Å². The zero-order chi connectivity index (χ0) is 33.0. The summed E-state index contributed by atoms with van der Waals surface area (Å²) < 4.78 is 0. The van der Waals surface area contributed by atoms with Crippen LogP contribution < -0.4 is 0 Å². The summed E-state index contributed by atoms with van der Waals surface area (Å²) in [4.78, 5) is 19.9. The molecule has 4 nitrogen and oxygen atoms in total. The Balaban J connectivity index is 1.25. The topological polar surface area (TPSA) is 51.6 Å². The number of hydrogen-bond acceptors (Lipinski definition) is 4. The monoisotopic (exact) mass is 636 g/mol. The zero-order valence-corrected chi connectivity index (χ0v) is 27.0. The molecule has 0 bridgehead atoms. The molecule has 0 fully saturated rings. The standard InChI is InChI=1S/C46H28N4/c1-3-12-29(13-4-1)44-48-45(30-14-5-2-6-15-30)50-46(49-44)34-25-32(24-33(26-34)42-28-47-27-31-16-7-8-17-35(31)42)36-22-23-41-38-19-10-9-18-37(38)40-21-11-20-39(36)43(40)41/h1-28H. The first-order valence-corrected chi connectivity index (χ1v) is 16.8. The van der Waals surface area contributed by atoms with E-state index in [-0.39, 0.29) is 0 Å². The quantitative estimate of drug-likeness (QED) is 0.189. The second-order valence-corrected chi connectivity index (χ2v) is 12.7. The van der Waals surface area contributed by atoms with Crippen LogP contribution in [-0.4, -0.2) is 19.9 Å². The molecule has 4 heteroatoms. The number of benzene rings is 7. The van der Waals surface area contributed by atoms with Crippen LogP contribution in [0, 0.1) is 0 Å². The van der Waals surface area contributed by atoms with Gasteiger partial charge in [-0.25, -0.2) is 15.0 Å². The van der Waals surface area contributed by atoms with Crippen LogP contribution in [0.1, 0.15) is 0 Å². The molecule has 9 aromatic rings. The summed E-state index contributed by atoms with van der Waals surface area (Å²) in [6.07, 6.45) is 3.89. The molecule has 0 atom stereocenters. The highest BCUT2D eigenvalue weighted by Crippen LogP contribution is 2.49.